The van der Waals surface area contributed by atoms with Crippen LogP contribution in [0.1, 0.15) is 89.8 Å². The summed E-state index contributed by atoms with van der Waals surface area (Å²) in [7, 11) is -8.72. The molecule has 1 aliphatic carbocycles. The molecule has 4 rings (SSSR count). The lowest BCUT2D eigenvalue weighted by molar-refractivity contribution is 0.480. The van der Waals surface area contributed by atoms with E-state index in [-0.39, 0.29) is 9.79 Å². The molecule has 0 saturated heterocycles. The molecule has 2 aromatic rings. The smallest absolute Gasteiger partial charge is 0.294 e. The summed E-state index contributed by atoms with van der Waals surface area (Å²) in [6.07, 6.45) is 13.6. The van der Waals surface area contributed by atoms with Crippen LogP contribution in [0, 0.1) is 12.5 Å². The molecule has 276 valence electrons. The second kappa shape index (κ2) is 15.8. The monoisotopic (exact) mass is 736 g/mol. The summed E-state index contributed by atoms with van der Waals surface area (Å²) >= 11 is 0. The molecule has 1 heterocycles. The number of unbranched alkanes of at least 4 members (excludes halogenated alkanes) is 1. The van der Waals surface area contributed by atoms with Crippen LogP contribution in [0.5, 0.6) is 0 Å². The number of rotatable bonds is 15. The van der Waals surface area contributed by atoms with Crippen molar-refractivity contribution < 1.29 is 25.9 Å². The predicted octanol–water partition coefficient (Wildman–Crippen LogP) is 8.74. The molecule has 0 amide bonds. The number of benzene rings is 2. The van der Waals surface area contributed by atoms with Gasteiger partial charge >= 0.3 is 0 Å². The van der Waals surface area contributed by atoms with Gasteiger partial charge in [0.15, 0.2) is 0 Å². The average molecular weight is 737 g/mol. The van der Waals surface area contributed by atoms with Gasteiger partial charge in [-0.15, -0.1) is 0 Å². The minimum atomic E-state index is -4.36. The molecule has 0 bridgehead atoms. The Morgan fingerprint density at radius 2 is 1.71 bits per heavy atom. The van der Waals surface area contributed by atoms with E-state index in [0.717, 1.165) is 89.1 Å². The van der Waals surface area contributed by atoms with Crippen molar-refractivity contribution in [2.24, 2.45) is 5.11 Å². The highest BCUT2D eigenvalue weighted by Crippen LogP contribution is 2.49. The summed E-state index contributed by atoms with van der Waals surface area (Å²) in [6.45, 7) is 18.4. The maximum atomic E-state index is 12.0. The molecule has 2 aliphatic rings. The van der Waals surface area contributed by atoms with Crippen LogP contribution in [-0.2, 0) is 31.1 Å². The van der Waals surface area contributed by atoms with Gasteiger partial charge in [0.25, 0.3) is 20.2 Å². The first-order valence-corrected chi connectivity index (χ1v) is 20.3. The molecule has 10 nitrogen and oxygen atoms in total. The second-order valence-corrected chi connectivity index (χ2v) is 17.2. The number of nitrogens with one attached hydrogen (secondary N) is 2. The van der Waals surface area contributed by atoms with Crippen molar-refractivity contribution in [3.8, 4) is 0 Å². The molecule has 0 aromatic heterocycles. The number of hydrogen-bond donors (Lipinski definition) is 4. The van der Waals surface area contributed by atoms with Gasteiger partial charge in [0.05, 0.1) is 16.3 Å². The van der Waals surface area contributed by atoms with Gasteiger partial charge in [-0.3, -0.25) is 9.11 Å². The van der Waals surface area contributed by atoms with E-state index >= 15 is 0 Å². The van der Waals surface area contributed by atoms with Crippen molar-refractivity contribution in [2.75, 3.05) is 24.5 Å². The Bertz CT molecular complexity index is 2020. The quantitative estimate of drug-likeness (QED) is 0.0611. The summed E-state index contributed by atoms with van der Waals surface area (Å²) in [6, 6.07) is 9.43. The topological polar surface area (TPSA) is 160 Å². The molecule has 12 heteroatoms. The van der Waals surface area contributed by atoms with Crippen molar-refractivity contribution >= 4 is 25.9 Å². The highest BCUT2D eigenvalue weighted by Gasteiger charge is 2.40. The van der Waals surface area contributed by atoms with Gasteiger partial charge < -0.3 is 10.2 Å². The highest BCUT2D eigenvalue weighted by atomic mass is 32.2. The van der Waals surface area contributed by atoms with Crippen molar-refractivity contribution in [3.63, 3.8) is 0 Å². The van der Waals surface area contributed by atoms with Crippen molar-refractivity contribution in [3.05, 3.63) is 112 Å². The van der Waals surface area contributed by atoms with Crippen LogP contribution in [0.25, 0.3) is 0 Å². The first-order chi connectivity index (χ1) is 23.8. The zero-order valence-corrected chi connectivity index (χ0v) is 32.2. The Morgan fingerprint density at radius 1 is 1.04 bits per heavy atom. The number of allylic oxidation sites excluding steroid dienone is 8. The second-order valence-electron chi connectivity index (χ2n) is 14.4. The largest absolute Gasteiger partial charge is 0.385 e. The molecule has 51 heavy (non-hydrogen) atoms. The van der Waals surface area contributed by atoms with E-state index in [1.165, 1.54) is 18.2 Å². The van der Waals surface area contributed by atoms with Gasteiger partial charge in [-0.1, -0.05) is 71.9 Å². The minimum Gasteiger partial charge on any atom is -0.385 e. The fourth-order valence-electron chi connectivity index (χ4n) is 6.93. The van der Waals surface area contributed by atoms with Crippen LogP contribution in [0.2, 0.25) is 0 Å². The Hall–Kier alpha value is -3.84. The lowest BCUT2D eigenvalue weighted by Crippen LogP contribution is -2.27. The Kier molecular flexibility index (Phi) is 12.4. The molecule has 4 N–H and O–H groups in total. The van der Waals surface area contributed by atoms with Gasteiger partial charge in [0, 0.05) is 41.0 Å². The van der Waals surface area contributed by atoms with Crippen molar-refractivity contribution in [1.29, 1.82) is 5.53 Å². The fraction of sp³-hybridized carbons (Fsp3) is 0.436. The van der Waals surface area contributed by atoms with Crippen LogP contribution in [-0.4, -0.2) is 45.6 Å². The third-order valence-electron chi connectivity index (χ3n) is 10.1. The van der Waals surface area contributed by atoms with E-state index in [2.05, 4.69) is 60.9 Å². The summed E-state index contributed by atoms with van der Waals surface area (Å²) in [5, 5.41) is 7.13. The van der Waals surface area contributed by atoms with E-state index in [4.69, 9.17) is 5.53 Å². The number of nitrogens with zero attached hydrogens (tertiary/aromatic N) is 2. The van der Waals surface area contributed by atoms with E-state index < -0.39 is 31.1 Å². The maximum absolute atomic E-state index is 12.0. The lowest BCUT2D eigenvalue weighted by Gasteiger charge is -2.29. The van der Waals surface area contributed by atoms with Crippen molar-refractivity contribution in [1.82, 2.24) is 5.32 Å². The first-order valence-electron chi connectivity index (χ1n) is 17.4. The van der Waals surface area contributed by atoms with Crippen LogP contribution in [0.4, 0.5) is 5.69 Å². The number of anilines is 1. The summed E-state index contributed by atoms with van der Waals surface area (Å²) < 4.78 is 67.4. The lowest BCUT2D eigenvalue weighted by atomic mass is 9.76. The van der Waals surface area contributed by atoms with Crippen LogP contribution in [0.15, 0.2) is 110 Å². The zero-order chi connectivity index (χ0) is 37.8. The van der Waals surface area contributed by atoms with Gasteiger partial charge in [0.2, 0.25) is 0 Å². The normalized spacial score (nSPS) is 18.2. The minimum absolute atomic E-state index is 0.118. The summed E-state index contributed by atoms with van der Waals surface area (Å²) in [4.78, 5) is 1.98. The molecule has 0 saturated carbocycles. The number of hydrogen-bond acceptors (Lipinski definition) is 8. The SMILES string of the molecule is C=C(/C=C/C1=C(NCCCN=N)C(=C/C=C2/N(CCCC)c3ccc(S(=O)(=O)O)cc3C2(C)C)/CCC1)C(C)(C)c1cc(S(=O)(=O)O)ccc1C. The third kappa shape index (κ3) is 8.97. The molecule has 1 aliphatic heterocycles. The standard InChI is InChI=1S/C39H52N4O6S2/c1-8-9-24-43-35-20-19-32(51(47,48)49)26-34(35)39(6,7)36(43)21-17-30-13-10-12-29(37(30)41-22-11-23-42-40)16-15-28(3)38(4,5)33-25-31(50(44,45)46)18-14-27(33)2/h14-21,25-26,40-41H,3,8-13,22-24H2,1-2,4-7H3,(H,44,45,46)(H,47,48,49)/b16-15+,30-17+,36-21+,42-40?. The van der Waals surface area contributed by atoms with Gasteiger partial charge in [-0.25, -0.2) is 5.53 Å². The average Bonchev–Trinajstić information content (AvgIpc) is 3.27. The van der Waals surface area contributed by atoms with Gasteiger partial charge in [-0.05, 0) is 109 Å². The van der Waals surface area contributed by atoms with E-state index in [9.17, 15) is 25.9 Å². The van der Waals surface area contributed by atoms with Gasteiger partial charge in [-0.2, -0.15) is 21.9 Å². The number of fused-ring (bicyclic) bond motifs is 1. The summed E-state index contributed by atoms with van der Waals surface area (Å²) in [5.41, 5.74) is 14.5. The first kappa shape index (κ1) is 39.9. The molecular formula is C39H52N4O6S2. The summed E-state index contributed by atoms with van der Waals surface area (Å²) in [5.74, 6) is 0. The highest BCUT2D eigenvalue weighted by molar-refractivity contribution is 7.86. The number of aryl methyl sites for hydroxylation is 1. The predicted molar refractivity (Wildman–Crippen MR) is 204 cm³/mol. The van der Waals surface area contributed by atoms with E-state index in [1.807, 2.05) is 26.8 Å². The fourth-order valence-corrected chi connectivity index (χ4v) is 7.94. The van der Waals surface area contributed by atoms with Crippen LogP contribution >= 0.6 is 0 Å². The molecule has 0 atom stereocenters. The van der Waals surface area contributed by atoms with E-state index in [1.54, 1.807) is 18.2 Å². The molecule has 2 aromatic carbocycles. The zero-order valence-electron chi connectivity index (χ0n) is 30.6. The molecule has 0 spiro atoms. The Morgan fingerprint density at radius 3 is 2.35 bits per heavy atom. The van der Waals surface area contributed by atoms with Gasteiger partial charge in [0.1, 0.15) is 0 Å². The van der Waals surface area contributed by atoms with Crippen LogP contribution in [0.3, 0.4) is 0 Å². The molecule has 0 fully saturated rings. The molecular weight excluding hydrogens is 685 g/mol. The Balaban J connectivity index is 1.76. The molecule has 0 unspecified atom stereocenters. The Labute approximate surface area is 304 Å². The third-order valence-corrected chi connectivity index (χ3v) is 11.8. The van der Waals surface area contributed by atoms with Crippen molar-refractivity contribution in [2.45, 2.75) is 101 Å². The maximum Gasteiger partial charge on any atom is 0.294 e. The van der Waals surface area contributed by atoms with E-state index in [0.29, 0.717) is 19.5 Å². The van der Waals surface area contributed by atoms with Crippen LogP contribution < -0.4 is 10.2 Å². The molecule has 0 radical (unpaired) electrons.